The van der Waals surface area contributed by atoms with E-state index in [0.717, 1.165) is 5.56 Å². The van der Waals surface area contributed by atoms with Gasteiger partial charge < -0.3 is 19.7 Å². The van der Waals surface area contributed by atoms with E-state index in [9.17, 15) is 10.2 Å². The van der Waals surface area contributed by atoms with E-state index in [1.165, 1.54) is 0 Å². The molecule has 0 unspecified atom stereocenters. The quantitative estimate of drug-likeness (QED) is 0.791. The summed E-state index contributed by atoms with van der Waals surface area (Å²) in [5, 5.41) is 19.2. The molecule has 1 heterocycles. The Kier molecular flexibility index (Phi) is 4.12. The number of aliphatic hydroxyl groups excluding tert-OH is 2. The molecule has 2 N–H and O–H groups in total. The minimum absolute atomic E-state index is 0.128. The number of ether oxygens (including phenoxy) is 2. The topological polar surface area (TPSA) is 58.9 Å². The molecule has 0 bridgehead atoms. The van der Waals surface area contributed by atoms with Crippen molar-refractivity contribution in [1.82, 2.24) is 0 Å². The van der Waals surface area contributed by atoms with Crippen LogP contribution in [-0.4, -0.2) is 42.9 Å². The zero-order valence-electron chi connectivity index (χ0n) is 9.71. The number of hydrogen-bond donors (Lipinski definition) is 2. The van der Waals surface area contributed by atoms with Crippen LogP contribution in [0.25, 0.3) is 0 Å². The normalized spacial score (nSPS) is 17.5. The Hall–Kier alpha value is -0.940. The summed E-state index contributed by atoms with van der Waals surface area (Å²) in [6.45, 7) is 0.895. The van der Waals surface area contributed by atoms with Gasteiger partial charge >= 0.3 is 0 Å². The predicted molar refractivity (Wildman–Crippen MR) is 62.6 cm³/mol. The van der Waals surface area contributed by atoms with Crippen molar-refractivity contribution in [2.75, 3.05) is 26.4 Å². The summed E-state index contributed by atoms with van der Waals surface area (Å²) in [4.78, 5) is 0. The van der Waals surface area contributed by atoms with Crippen molar-refractivity contribution < 1.29 is 19.7 Å². The van der Waals surface area contributed by atoms with E-state index < -0.39 is 5.41 Å². The highest BCUT2D eigenvalue weighted by Gasteiger charge is 2.36. The zero-order valence-corrected chi connectivity index (χ0v) is 9.71. The molecule has 0 aliphatic carbocycles. The van der Waals surface area contributed by atoms with Gasteiger partial charge in [-0.05, 0) is 5.56 Å². The molecule has 1 fully saturated rings. The van der Waals surface area contributed by atoms with Gasteiger partial charge in [0.15, 0.2) is 6.29 Å². The van der Waals surface area contributed by atoms with Crippen LogP contribution < -0.4 is 0 Å². The van der Waals surface area contributed by atoms with Gasteiger partial charge in [-0.1, -0.05) is 30.3 Å². The van der Waals surface area contributed by atoms with Crippen molar-refractivity contribution in [3.63, 3.8) is 0 Å². The van der Waals surface area contributed by atoms with Crippen LogP contribution in [0.5, 0.6) is 0 Å². The van der Waals surface area contributed by atoms with Crippen LogP contribution in [0.3, 0.4) is 0 Å². The van der Waals surface area contributed by atoms with Crippen molar-refractivity contribution in [2.45, 2.75) is 18.1 Å². The van der Waals surface area contributed by atoms with Gasteiger partial charge in [-0.2, -0.15) is 0 Å². The molecule has 17 heavy (non-hydrogen) atoms. The van der Waals surface area contributed by atoms with Crippen LogP contribution in [0.1, 0.15) is 12.0 Å². The smallest absolute Gasteiger partial charge is 0.158 e. The number of rotatable bonds is 5. The molecule has 0 saturated carbocycles. The van der Waals surface area contributed by atoms with E-state index in [1.54, 1.807) is 0 Å². The van der Waals surface area contributed by atoms with Gasteiger partial charge in [0.2, 0.25) is 0 Å². The summed E-state index contributed by atoms with van der Waals surface area (Å²) < 4.78 is 10.8. The first-order valence-electron chi connectivity index (χ1n) is 5.81. The SMILES string of the molecule is OCC(CO)(CC1OCCO1)c1ccccc1. The lowest BCUT2D eigenvalue weighted by Gasteiger charge is -2.32. The summed E-state index contributed by atoms with van der Waals surface area (Å²) in [6.07, 6.45) is 0.124. The van der Waals surface area contributed by atoms with Gasteiger partial charge in [0.1, 0.15) is 0 Å². The lowest BCUT2D eigenvalue weighted by molar-refractivity contribution is -0.0740. The maximum Gasteiger partial charge on any atom is 0.158 e. The molecule has 2 rings (SSSR count). The molecule has 0 atom stereocenters. The molecule has 1 aliphatic heterocycles. The summed E-state index contributed by atoms with van der Waals surface area (Å²) in [5.74, 6) is 0. The highest BCUT2D eigenvalue weighted by atomic mass is 16.7. The van der Waals surface area contributed by atoms with Crippen LogP contribution in [0.15, 0.2) is 30.3 Å². The summed E-state index contributed by atoms with van der Waals surface area (Å²) in [6, 6.07) is 9.51. The molecule has 0 spiro atoms. The van der Waals surface area contributed by atoms with Crippen LogP contribution in [0.2, 0.25) is 0 Å². The molecule has 0 radical (unpaired) electrons. The van der Waals surface area contributed by atoms with Gasteiger partial charge in [0.05, 0.1) is 26.4 Å². The minimum Gasteiger partial charge on any atom is -0.395 e. The van der Waals surface area contributed by atoms with Crippen molar-refractivity contribution in [2.24, 2.45) is 0 Å². The van der Waals surface area contributed by atoms with E-state index in [-0.39, 0.29) is 19.5 Å². The average molecular weight is 238 g/mol. The van der Waals surface area contributed by atoms with Crippen LogP contribution in [-0.2, 0) is 14.9 Å². The fourth-order valence-electron chi connectivity index (χ4n) is 2.12. The second kappa shape index (κ2) is 5.60. The Morgan fingerprint density at radius 3 is 2.18 bits per heavy atom. The van der Waals surface area contributed by atoms with Crippen molar-refractivity contribution in [3.05, 3.63) is 35.9 Å². The molecule has 0 aromatic heterocycles. The maximum atomic E-state index is 9.62. The maximum absolute atomic E-state index is 9.62. The lowest BCUT2D eigenvalue weighted by atomic mass is 9.79. The van der Waals surface area contributed by atoms with E-state index in [1.807, 2.05) is 30.3 Å². The monoisotopic (exact) mass is 238 g/mol. The second-order valence-electron chi connectivity index (χ2n) is 4.34. The Balaban J connectivity index is 2.19. The van der Waals surface area contributed by atoms with Gasteiger partial charge in [-0.25, -0.2) is 0 Å². The Morgan fingerprint density at radius 2 is 1.65 bits per heavy atom. The number of aliphatic hydroxyl groups is 2. The van der Waals surface area contributed by atoms with E-state index in [2.05, 4.69) is 0 Å². The lowest BCUT2D eigenvalue weighted by Crippen LogP contribution is -2.38. The molecule has 0 amide bonds. The third-order valence-electron chi connectivity index (χ3n) is 3.24. The fourth-order valence-corrected chi connectivity index (χ4v) is 2.12. The van der Waals surface area contributed by atoms with E-state index in [0.29, 0.717) is 19.6 Å². The summed E-state index contributed by atoms with van der Waals surface area (Å²) >= 11 is 0. The highest BCUT2D eigenvalue weighted by Crippen LogP contribution is 2.30. The second-order valence-corrected chi connectivity index (χ2v) is 4.34. The van der Waals surface area contributed by atoms with Crippen LogP contribution >= 0.6 is 0 Å². The number of hydrogen-bond acceptors (Lipinski definition) is 4. The Bertz CT molecular complexity index is 329. The molecule has 1 aromatic carbocycles. The third kappa shape index (κ3) is 2.66. The molecule has 1 aliphatic rings. The first kappa shape index (κ1) is 12.5. The predicted octanol–water partition coefficient (Wildman–Crippen LogP) is 0.672. The van der Waals surface area contributed by atoms with Crippen molar-refractivity contribution in [1.29, 1.82) is 0 Å². The zero-order chi connectivity index (χ0) is 12.1. The fraction of sp³-hybridized carbons (Fsp3) is 0.538. The summed E-state index contributed by atoms with van der Waals surface area (Å²) in [7, 11) is 0. The summed E-state index contributed by atoms with van der Waals surface area (Å²) in [5.41, 5.74) is 0.208. The first-order valence-corrected chi connectivity index (χ1v) is 5.81. The molecule has 1 saturated heterocycles. The third-order valence-corrected chi connectivity index (χ3v) is 3.24. The van der Waals surface area contributed by atoms with Crippen LogP contribution in [0.4, 0.5) is 0 Å². The van der Waals surface area contributed by atoms with Gasteiger partial charge in [0.25, 0.3) is 0 Å². The molecule has 94 valence electrons. The Labute approximate surface area is 101 Å². The van der Waals surface area contributed by atoms with Gasteiger partial charge in [-0.3, -0.25) is 0 Å². The first-order chi connectivity index (χ1) is 8.30. The molecule has 4 nitrogen and oxygen atoms in total. The minimum atomic E-state index is -0.698. The highest BCUT2D eigenvalue weighted by molar-refractivity contribution is 5.26. The molecule has 4 heteroatoms. The van der Waals surface area contributed by atoms with E-state index in [4.69, 9.17) is 9.47 Å². The Morgan fingerprint density at radius 1 is 1.06 bits per heavy atom. The standard InChI is InChI=1S/C13H18O4/c14-9-13(10-15,8-12-16-6-7-17-12)11-4-2-1-3-5-11/h1-5,12,14-15H,6-10H2. The van der Waals surface area contributed by atoms with Crippen molar-refractivity contribution in [3.8, 4) is 0 Å². The molecule has 1 aromatic rings. The van der Waals surface area contributed by atoms with Gasteiger partial charge in [-0.15, -0.1) is 0 Å². The molecular weight excluding hydrogens is 220 g/mol. The van der Waals surface area contributed by atoms with Crippen LogP contribution in [0, 0.1) is 0 Å². The van der Waals surface area contributed by atoms with E-state index >= 15 is 0 Å². The van der Waals surface area contributed by atoms with Crippen molar-refractivity contribution >= 4 is 0 Å². The van der Waals surface area contributed by atoms with Gasteiger partial charge in [0, 0.05) is 11.8 Å². The largest absolute Gasteiger partial charge is 0.395 e. The molecular formula is C13H18O4. The average Bonchev–Trinajstić information content (AvgIpc) is 2.90. The number of benzene rings is 1.